The van der Waals surface area contributed by atoms with Crippen LogP contribution in [0.5, 0.6) is 0 Å². The number of carbonyl (C=O) groups is 1. The van der Waals surface area contributed by atoms with Crippen LogP contribution in [0.3, 0.4) is 0 Å². The number of nitrogens with zero attached hydrogens (tertiary/aromatic N) is 2. The number of nitrogens with one attached hydrogen (secondary N) is 1. The van der Waals surface area contributed by atoms with Crippen molar-refractivity contribution >= 4 is 17.7 Å². The maximum Gasteiger partial charge on any atom is 0.277 e. The number of amides is 1. The van der Waals surface area contributed by atoms with Gasteiger partial charge in [0.25, 0.3) is 5.22 Å². The second kappa shape index (κ2) is 8.04. The molecular formula is C19H25N3O2S. The Bertz CT molecular complexity index is 744. The molecule has 1 N–H and O–H groups in total. The summed E-state index contributed by atoms with van der Waals surface area (Å²) in [5.41, 5.74) is 3.32. The smallest absolute Gasteiger partial charge is 0.277 e. The molecule has 1 amide bonds. The van der Waals surface area contributed by atoms with Gasteiger partial charge in [0, 0.05) is 11.6 Å². The van der Waals surface area contributed by atoms with Crippen LogP contribution in [0.4, 0.5) is 0 Å². The highest BCUT2D eigenvalue weighted by molar-refractivity contribution is 7.99. The van der Waals surface area contributed by atoms with Crippen molar-refractivity contribution in [3.05, 3.63) is 29.3 Å². The molecule has 1 aromatic carbocycles. The van der Waals surface area contributed by atoms with Gasteiger partial charge >= 0.3 is 0 Å². The minimum absolute atomic E-state index is 0.0367. The third kappa shape index (κ3) is 4.63. The molecule has 0 bridgehead atoms. The lowest BCUT2D eigenvalue weighted by Crippen LogP contribution is -2.41. The summed E-state index contributed by atoms with van der Waals surface area (Å²) in [5.74, 6) is 1.39. The summed E-state index contributed by atoms with van der Waals surface area (Å²) < 4.78 is 5.69. The van der Waals surface area contributed by atoms with Crippen molar-refractivity contribution in [3.63, 3.8) is 0 Å². The molecule has 0 radical (unpaired) electrons. The quantitative estimate of drug-likeness (QED) is 0.813. The van der Waals surface area contributed by atoms with Gasteiger partial charge in [-0.05, 0) is 55.9 Å². The molecule has 0 saturated heterocycles. The van der Waals surface area contributed by atoms with Crippen LogP contribution in [0.2, 0.25) is 0 Å². The molecule has 1 fully saturated rings. The normalized spacial score (nSPS) is 20.4. The Hall–Kier alpha value is -1.82. The topological polar surface area (TPSA) is 68.0 Å². The molecule has 134 valence electrons. The number of aryl methyl sites for hydroxylation is 2. The minimum Gasteiger partial charge on any atom is -0.411 e. The molecule has 0 unspecified atom stereocenters. The lowest BCUT2D eigenvalue weighted by atomic mass is 9.86. The van der Waals surface area contributed by atoms with E-state index >= 15 is 0 Å². The van der Waals surface area contributed by atoms with Gasteiger partial charge in [0.15, 0.2) is 0 Å². The number of thioether (sulfide) groups is 1. The third-order valence-corrected chi connectivity index (χ3v) is 5.76. The third-order valence-electron chi connectivity index (χ3n) is 4.94. The summed E-state index contributed by atoms with van der Waals surface area (Å²) in [6, 6.07) is 6.35. The lowest BCUT2D eigenvalue weighted by Gasteiger charge is -2.29. The first-order valence-electron chi connectivity index (χ1n) is 8.86. The number of rotatable bonds is 5. The van der Waals surface area contributed by atoms with Gasteiger partial charge in [-0.1, -0.05) is 37.6 Å². The van der Waals surface area contributed by atoms with Crippen molar-refractivity contribution < 1.29 is 9.21 Å². The van der Waals surface area contributed by atoms with E-state index in [9.17, 15) is 4.79 Å². The molecule has 1 aliphatic rings. The SMILES string of the molecule is Cc1ccc(-c2nnc(SCC(=O)N[C@@H]3CCCC[C@H]3C)o2)cc1C. The molecule has 0 spiro atoms. The van der Waals surface area contributed by atoms with E-state index in [2.05, 4.69) is 36.3 Å². The second-order valence-electron chi connectivity index (χ2n) is 6.90. The van der Waals surface area contributed by atoms with E-state index in [1.165, 1.54) is 42.2 Å². The molecule has 2 aromatic rings. The van der Waals surface area contributed by atoms with Crippen molar-refractivity contribution in [1.29, 1.82) is 0 Å². The van der Waals surface area contributed by atoms with Crippen molar-refractivity contribution in [1.82, 2.24) is 15.5 Å². The monoisotopic (exact) mass is 359 g/mol. The van der Waals surface area contributed by atoms with E-state index in [0.29, 0.717) is 28.8 Å². The van der Waals surface area contributed by atoms with Crippen molar-refractivity contribution in [2.24, 2.45) is 5.92 Å². The van der Waals surface area contributed by atoms with Crippen molar-refractivity contribution in [2.45, 2.75) is 57.7 Å². The highest BCUT2D eigenvalue weighted by atomic mass is 32.2. The van der Waals surface area contributed by atoms with E-state index in [0.717, 1.165) is 12.0 Å². The Kier molecular flexibility index (Phi) is 5.78. The lowest BCUT2D eigenvalue weighted by molar-refractivity contribution is -0.119. The Labute approximate surface area is 153 Å². The van der Waals surface area contributed by atoms with Gasteiger partial charge in [0.2, 0.25) is 11.8 Å². The molecule has 1 aromatic heterocycles. The summed E-state index contributed by atoms with van der Waals surface area (Å²) in [5, 5.41) is 11.7. The second-order valence-corrected chi connectivity index (χ2v) is 7.82. The Morgan fingerprint density at radius 1 is 1.24 bits per heavy atom. The van der Waals surface area contributed by atoms with Crippen LogP contribution in [0.25, 0.3) is 11.5 Å². The Morgan fingerprint density at radius 2 is 2.04 bits per heavy atom. The maximum absolute atomic E-state index is 12.2. The number of hydrogen-bond acceptors (Lipinski definition) is 5. The molecule has 1 saturated carbocycles. The fourth-order valence-electron chi connectivity index (χ4n) is 3.17. The van der Waals surface area contributed by atoms with Gasteiger partial charge in [-0.15, -0.1) is 10.2 Å². The standard InChI is InChI=1S/C19H25N3O2S/c1-12-8-9-15(10-14(12)3)18-21-22-19(24-18)25-11-17(23)20-16-7-5-4-6-13(16)2/h8-10,13,16H,4-7,11H2,1-3H3,(H,20,23)/t13-,16-/m1/s1. The Balaban J connectivity index is 1.54. The van der Waals surface area contributed by atoms with Gasteiger partial charge < -0.3 is 9.73 Å². The fraction of sp³-hybridized carbons (Fsp3) is 0.526. The van der Waals surface area contributed by atoms with Crippen LogP contribution in [0.15, 0.2) is 27.8 Å². The van der Waals surface area contributed by atoms with Crippen LogP contribution < -0.4 is 5.32 Å². The number of hydrogen-bond donors (Lipinski definition) is 1. The molecule has 25 heavy (non-hydrogen) atoms. The van der Waals surface area contributed by atoms with Crippen molar-refractivity contribution in [2.75, 3.05) is 5.75 Å². The predicted octanol–water partition coefficient (Wildman–Crippen LogP) is 4.14. The van der Waals surface area contributed by atoms with E-state index in [-0.39, 0.29) is 5.91 Å². The summed E-state index contributed by atoms with van der Waals surface area (Å²) in [6.07, 6.45) is 4.74. The van der Waals surface area contributed by atoms with Gasteiger partial charge in [0.05, 0.1) is 5.75 Å². The molecule has 1 heterocycles. The van der Waals surface area contributed by atoms with Crippen molar-refractivity contribution in [3.8, 4) is 11.5 Å². The van der Waals surface area contributed by atoms with Crippen LogP contribution in [0, 0.1) is 19.8 Å². The van der Waals surface area contributed by atoms with Crippen LogP contribution in [0.1, 0.15) is 43.7 Å². The predicted molar refractivity (Wildman–Crippen MR) is 99.5 cm³/mol. The number of aromatic nitrogens is 2. The number of benzene rings is 1. The molecule has 2 atom stereocenters. The zero-order chi connectivity index (χ0) is 17.8. The molecule has 0 aliphatic heterocycles. The molecule has 1 aliphatic carbocycles. The summed E-state index contributed by atoms with van der Waals surface area (Å²) in [4.78, 5) is 12.2. The highest BCUT2D eigenvalue weighted by Crippen LogP contribution is 2.26. The van der Waals surface area contributed by atoms with Crippen LogP contribution in [-0.2, 0) is 4.79 Å². The minimum atomic E-state index is 0.0367. The van der Waals surface area contributed by atoms with E-state index < -0.39 is 0 Å². The number of carbonyl (C=O) groups excluding carboxylic acids is 1. The van der Waals surface area contributed by atoms with Crippen LogP contribution >= 0.6 is 11.8 Å². The van der Waals surface area contributed by atoms with E-state index in [1.54, 1.807) is 0 Å². The molecular weight excluding hydrogens is 334 g/mol. The van der Waals surface area contributed by atoms with Gasteiger partial charge in [-0.2, -0.15) is 0 Å². The van der Waals surface area contributed by atoms with E-state index in [4.69, 9.17) is 4.42 Å². The average molecular weight is 359 g/mol. The fourth-order valence-corrected chi connectivity index (χ4v) is 3.74. The Morgan fingerprint density at radius 3 is 2.80 bits per heavy atom. The summed E-state index contributed by atoms with van der Waals surface area (Å²) in [6.45, 7) is 6.34. The maximum atomic E-state index is 12.2. The first kappa shape index (κ1) is 18.0. The van der Waals surface area contributed by atoms with Gasteiger partial charge in [-0.3, -0.25) is 4.79 Å². The summed E-state index contributed by atoms with van der Waals surface area (Å²) >= 11 is 1.29. The first-order chi connectivity index (χ1) is 12.0. The van der Waals surface area contributed by atoms with Gasteiger partial charge in [-0.25, -0.2) is 0 Å². The van der Waals surface area contributed by atoms with E-state index in [1.807, 2.05) is 18.2 Å². The zero-order valence-corrected chi connectivity index (χ0v) is 15.9. The zero-order valence-electron chi connectivity index (χ0n) is 15.0. The van der Waals surface area contributed by atoms with Crippen LogP contribution in [-0.4, -0.2) is 27.9 Å². The molecule has 6 heteroatoms. The molecule has 3 rings (SSSR count). The molecule has 5 nitrogen and oxygen atoms in total. The first-order valence-corrected chi connectivity index (χ1v) is 9.85. The summed E-state index contributed by atoms with van der Waals surface area (Å²) in [7, 11) is 0. The van der Waals surface area contributed by atoms with Gasteiger partial charge in [0.1, 0.15) is 0 Å². The largest absolute Gasteiger partial charge is 0.411 e. The highest BCUT2D eigenvalue weighted by Gasteiger charge is 2.23. The average Bonchev–Trinajstić information content (AvgIpc) is 3.07.